The Hall–Kier alpha value is -1.85. The van der Waals surface area contributed by atoms with Crippen molar-refractivity contribution in [2.24, 2.45) is 0 Å². The number of ether oxygens (including phenoxy) is 1. The van der Waals surface area contributed by atoms with Gasteiger partial charge in [-0.3, -0.25) is 0 Å². The highest BCUT2D eigenvalue weighted by Gasteiger charge is 2.19. The van der Waals surface area contributed by atoms with Crippen LogP contribution in [0.1, 0.15) is 18.1 Å². The molecule has 0 atom stereocenters. The number of hydrogen-bond acceptors (Lipinski definition) is 3. The third kappa shape index (κ3) is 3.83. The average Bonchev–Trinajstić information content (AvgIpc) is 2.38. The van der Waals surface area contributed by atoms with E-state index in [1.807, 2.05) is 32.0 Å². The van der Waals surface area contributed by atoms with E-state index in [4.69, 9.17) is 4.74 Å². The quantitative estimate of drug-likeness (QED) is 0.921. The predicted octanol–water partition coefficient (Wildman–Crippen LogP) is 3.39. The lowest BCUT2D eigenvalue weighted by molar-refractivity contribution is 0.466. The van der Waals surface area contributed by atoms with Crippen molar-refractivity contribution >= 4 is 10.0 Å². The molecule has 0 unspecified atom stereocenters. The van der Waals surface area contributed by atoms with Gasteiger partial charge in [-0.15, -0.1) is 0 Å². The van der Waals surface area contributed by atoms with Crippen LogP contribution in [0.15, 0.2) is 47.4 Å². The number of benzene rings is 2. The molecule has 0 spiro atoms. The number of aryl methyl sites for hydroxylation is 2. The highest BCUT2D eigenvalue weighted by atomic mass is 32.2. The molecule has 112 valence electrons. The highest BCUT2D eigenvalue weighted by molar-refractivity contribution is 7.89. The van der Waals surface area contributed by atoms with E-state index in [1.165, 1.54) is 0 Å². The molecule has 0 aromatic heterocycles. The first kappa shape index (κ1) is 15.5. The van der Waals surface area contributed by atoms with Crippen molar-refractivity contribution in [1.29, 1.82) is 0 Å². The maximum Gasteiger partial charge on any atom is 0.244 e. The topological polar surface area (TPSA) is 55.4 Å². The third-order valence-corrected chi connectivity index (χ3v) is 4.53. The van der Waals surface area contributed by atoms with Gasteiger partial charge in [-0.2, -0.15) is 0 Å². The Kier molecular flexibility index (Phi) is 4.65. The zero-order valence-electron chi connectivity index (χ0n) is 12.4. The number of nitrogens with one attached hydrogen (secondary N) is 1. The third-order valence-electron chi connectivity index (χ3n) is 2.94. The van der Waals surface area contributed by atoms with E-state index in [1.54, 1.807) is 31.2 Å². The van der Waals surface area contributed by atoms with Gasteiger partial charge in [-0.1, -0.05) is 25.1 Å². The summed E-state index contributed by atoms with van der Waals surface area (Å²) < 4.78 is 32.7. The molecule has 2 aromatic carbocycles. The molecule has 1 N–H and O–H groups in total. The van der Waals surface area contributed by atoms with E-state index in [-0.39, 0.29) is 4.90 Å². The summed E-state index contributed by atoms with van der Waals surface area (Å²) >= 11 is 0. The first-order chi connectivity index (χ1) is 9.92. The van der Waals surface area contributed by atoms with Crippen LogP contribution in [0, 0.1) is 13.8 Å². The van der Waals surface area contributed by atoms with Crippen LogP contribution in [0.2, 0.25) is 0 Å². The van der Waals surface area contributed by atoms with Crippen LogP contribution in [0.25, 0.3) is 0 Å². The fourth-order valence-corrected chi connectivity index (χ4v) is 3.14. The molecule has 21 heavy (non-hydrogen) atoms. The number of rotatable bonds is 5. The zero-order valence-corrected chi connectivity index (χ0v) is 13.2. The van der Waals surface area contributed by atoms with Crippen LogP contribution in [0.4, 0.5) is 0 Å². The minimum atomic E-state index is -3.56. The van der Waals surface area contributed by atoms with Crippen molar-refractivity contribution in [3.8, 4) is 11.5 Å². The van der Waals surface area contributed by atoms with E-state index in [0.29, 0.717) is 18.0 Å². The second-order valence-electron chi connectivity index (χ2n) is 4.87. The van der Waals surface area contributed by atoms with Gasteiger partial charge in [0.1, 0.15) is 16.4 Å². The fraction of sp³-hybridized carbons (Fsp3) is 0.250. The van der Waals surface area contributed by atoms with Crippen LogP contribution in [0.5, 0.6) is 11.5 Å². The molecule has 0 aliphatic carbocycles. The van der Waals surface area contributed by atoms with Gasteiger partial charge in [0.2, 0.25) is 10.0 Å². The average molecular weight is 305 g/mol. The molecule has 2 rings (SSSR count). The lowest BCUT2D eigenvalue weighted by Crippen LogP contribution is -2.23. The van der Waals surface area contributed by atoms with E-state index in [9.17, 15) is 8.42 Å². The van der Waals surface area contributed by atoms with Crippen LogP contribution < -0.4 is 9.46 Å². The smallest absolute Gasteiger partial charge is 0.244 e. The van der Waals surface area contributed by atoms with Gasteiger partial charge >= 0.3 is 0 Å². The van der Waals surface area contributed by atoms with Crippen molar-refractivity contribution < 1.29 is 13.2 Å². The van der Waals surface area contributed by atoms with Gasteiger partial charge < -0.3 is 4.74 Å². The van der Waals surface area contributed by atoms with Gasteiger partial charge in [0.25, 0.3) is 0 Å². The molecule has 0 saturated carbocycles. The van der Waals surface area contributed by atoms with E-state index in [2.05, 4.69) is 4.72 Å². The van der Waals surface area contributed by atoms with Gasteiger partial charge in [0, 0.05) is 6.54 Å². The summed E-state index contributed by atoms with van der Waals surface area (Å²) in [5.74, 6) is 0.954. The molecule has 0 aliphatic heterocycles. The van der Waals surface area contributed by atoms with E-state index in [0.717, 1.165) is 11.1 Å². The van der Waals surface area contributed by atoms with Crippen LogP contribution in [0.3, 0.4) is 0 Å². The maximum absolute atomic E-state index is 12.2. The fourth-order valence-electron chi connectivity index (χ4n) is 1.99. The Balaban J connectivity index is 2.45. The van der Waals surface area contributed by atoms with Crippen molar-refractivity contribution in [3.05, 3.63) is 53.6 Å². The van der Waals surface area contributed by atoms with Crippen LogP contribution in [-0.2, 0) is 10.0 Å². The molecule has 0 amide bonds. The molecule has 2 aromatic rings. The summed E-state index contributed by atoms with van der Waals surface area (Å²) in [6, 6.07) is 12.6. The van der Waals surface area contributed by atoms with Gasteiger partial charge in [-0.25, -0.2) is 13.1 Å². The van der Waals surface area contributed by atoms with Crippen molar-refractivity contribution in [1.82, 2.24) is 4.72 Å². The maximum atomic E-state index is 12.2. The van der Waals surface area contributed by atoms with E-state index >= 15 is 0 Å². The van der Waals surface area contributed by atoms with Gasteiger partial charge in [0.15, 0.2) is 0 Å². The molecule has 5 heteroatoms. The number of sulfonamides is 1. The van der Waals surface area contributed by atoms with E-state index < -0.39 is 10.0 Å². The molecule has 0 aliphatic rings. The Morgan fingerprint density at radius 3 is 2.43 bits per heavy atom. The van der Waals surface area contributed by atoms with Crippen molar-refractivity contribution in [3.63, 3.8) is 0 Å². The Morgan fingerprint density at radius 2 is 1.76 bits per heavy atom. The molecular formula is C16H19NO3S. The van der Waals surface area contributed by atoms with Crippen molar-refractivity contribution in [2.45, 2.75) is 25.7 Å². The summed E-state index contributed by atoms with van der Waals surface area (Å²) in [5, 5.41) is 0. The second kappa shape index (κ2) is 6.28. The first-order valence-corrected chi connectivity index (χ1v) is 8.25. The molecule has 0 saturated heterocycles. The lowest BCUT2D eigenvalue weighted by Gasteiger charge is -2.13. The van der Waals surface area contributed by atoms with Crippen LogP contribution in [-0.4, -0.2) is 15.0 Å². The lowest BCUT2D eigenvalue weighted by atomic mass is 10.2. The first-order valence-electron chi connectivity index (χ1n) is 6.77. The minimum absolute atomic E-state index is 0.149. The summed E-state index contributed by atoms with van der Waals surface area (Å²) in [6.45, 7) is 5.93. The molecule has 0 heterocycles. The standard InChI is InChI=1S/C16H19NO3S/c1-4-17-21(18,19)16-9-8-13(3)11-15(16)20-14-7-5-6-12(2)10-14/h5-11,17H,4H2,1-3H3. The highest BCUT2D eigenvalue weighted by Crippen LogP contribution is 2.30. The Labute approximate surface area is 125 Å². The summed E-state index contributed by atoms with van der Waals surface area (Å²) in [4.78, 5) is 0.149. The second-order valence-corrected chi connectivity index (χ2v) is 6.61. The normalized spacial score (nSPS) is 11.4. The molecule has 0 radical (unpaired) electrons. The summed E-state index contributed by atoms with van der Waals surface area (Å²) in [5.41, 5.74) is 1.99. The summed E-state index contributed by atoms with van der Waals surface area (Å²) in [6.07, 6.45) is 0. The molecule has 4 nitrogen and oxygen atoms in total. The Bertz CT molecular complexity index is 739. The van der Waals surface area contributed by atoms with Crippen molar-refractivity contribution in [2.75, 3.05) is 6.54 Å². The largest absolute Gasteiger partial charge is 0.456 e. The molecular weight excluding hydrogens is 286 g/mol. The SMILES string of the molecule is CCNS(=O)(=O)c1ccc(C)cc1Oc1cccc(C)c1. The number of hydrogen-bond donors (Lipinski definition) is 1. The Morgan fingerprint density at radius 1 is 1.05 bits per heavy atom. The molecule has 0 fully saturated rings. The monoisotopic (exact) mass is 305 g/mol. The minimum Gasteiger partial charge on any atom is -0.456 e. The van der Waals surface area contributed by atoms with Gasteiger partial charge in [0.05, 0.1) is 0 Å². The van der Waals surface area contributed by atoms with Gasteiger partial charge in [-0.05, 0) is 49.2 Å². The van der Waals surface area contributed by atoms with Crippen LogP contribution >= 0.6 is 0 Å². The predicted molar refractivity (Wildman–Crippen MR) is 83.3 cm³/mol. The summed E-state index contributed by atoms with van der Waals surface area (Å²) in [7, 11) is -3.56. The molecule has 0 bridgehead atoms. The zero-order chi connectivity index (χ0) is 15.5.